The van der Waals surface area contributed by atoms with Crippen molar-refractivity contribution in [2.45, 2.75) is 23.3 Å². The number of sulfonamides is 1. The molecule has 138 valence electrons. The predicted molar refractivity (Wildman–Crippen MR) is 88.1 cm³/mol. The molecule has 1 aromatic carbocycles. The maximum Gasteiger partial charge on any atom is 0.262 e. The second kappa shape index (κ2) is 6.79. The van der Waals surface area contributed by atoms with Crippen LogP contribution in [0.4, 0.5) is 8.78 Å². The number of nitrogens with zero attached hydrogens (tertiary/aromatic N) is 2. The van der Waals surface area contributed by atoms with Gasteiger partial charge < -0.3 is 4.90 Å². The van der Waals surface area contributed by atoms with Crippen LogP contribution in [0.25, 0.3) is 0 Å². The lowest BCUT2D eigenvalue weighted by Crippen LogP contribution is -2.54. The molecule has 2 fully saturated rings. The Morgan fingerprint density at radius 1 is 1.16 bits per heavy atom. The molecular weight excluding hydrogens is 376 g/mol. The minimum atomic E-state index is -3.66. The van der Waals surface area contributed by atoms with Crippen molar-refractivity contribution in [3.8, 4) is 0 Å². The van der Waals surface area contributed by atoms with Gasteiger partial charge >= 0.3 is 0 Å². The molecule has 6 nitrogen and oxygen atoms in total. The smallest absolute Gasteiger partial charge is 0.262 e. The first-order valence-corrected chi connectivity index (χ1v) is 9.67. The molecule has 1 N–H and O–H groups in total. The van der Waals surface area contributed by atoms with Crippen molar-refractivity contribution in [2.24, 2.45) is 0 Å². The van der Waals surface area contributed by atoms with E-state index in [2.05, 4.69) is 5.32 Å². The van der Waals surface area contributed by atoms with Gasteiger partial charge in [0.2, 0.25) is 15.9 Å². The molecule has 1 atom stereocenters. The lowest BCUT2D eigenvalue weighted by atomic mass is 10.1. The van der Waals surface area contributed by atoms with Gasteiger partial charge in [-0.2, -0.15) is 4.31 Å². The highest BCUT2D eigenvalue weighted by atomic mass is 35.5. The van der Waals surface area contributed by atoms with Gasteiger partial charge in [-0.15, -0.1) is 0 Å². The Labute approximate surface area is 149 Å². The molecule has 1 aromatic rings. The van der Waals surface area contributed by atoms with Crippen LogP contribution >= 0.6 is 11.6 Å². The largest absolute Gasteiger partial charge is 0.339 e. The van der Waals surface area contributed by atoms with Crippen LogP contribution in [0.5, 0.6) is 0 Å². The lowest BCUT2D eigenvalue weighted by molar-refractivity contribution is -0.134. The molecule has 0 radical (unpaired) electrons. The van der Waals surface area contributed by atoms with Gasteiger partial charge in [-0.05, 0) is 24.3 Å². The summed E-state index contributed by atoms with van der Waals surface area (Å²) in [5.74, 6) is -3.28. The molecule has 0 aliphatic carbocycles. The molecule has 3 rings (SSSR count). The number of hydrogen-bond donors (Lipinski definition) is 1. The summed E-state index contributed by atoms with van der Waals surface area (Å²) in [5, 5.41) is 2.97. The maximum atomic E-state index is 13.2. The van der Waals surface area contributed by atoms with Crippen molar-refractivity contribution < 1.29 is 22.0 Å². The summed E-state index contributed by atoms with van der Waals surface area (Å²) in [7, 11) is -3.66. The van der Waals surface area contributed by atoms with Crippen LogP contribution in [-0.2, 0) is 14.8 Å². The topological polar surface area (TPSA) is 69.7 Å². The zero-order valence-corrected chi connectivity index (χ0v) is 14.9. The molecule has 1 unspecified atom stereocenters. The van der Waals surface area contributed by atoms with Gasteiger partial charge in [0.1, 0.15) is 0 Å². The highest BCUT2D eigenvalue weighted by Crippen LogP contribution is 2.26. The summed E-state index contributed by atoms with van der Waals surface area (Å²) < 4.78 is 52.9. The summed E-state index contributed by atoms with van der Waals surface area (Å²) in [4.78, 5) is 13.9. The summed E-state index contributed by atoms with van der Waals surface area (Å²) in [5.41, 5.74) is 0. The number of carbonyl (C=O) groups is 1. The predicted octanol–water partition coefficient (Wildman–Crippen LogP) is 1.17. The monoisotopic (exact) mass is 393 g/mol. The number of halogens is 3. The molecule has 2 heterocycles. The van der Waals surface area contributed by atoms with Crippen molar-refractivity contribution in [2.75, 3.05) is 32.7 Å². The van der Waals surface area contributed by atoms with Crippen molar-refractivity contribution in [1.29, 1.82) is 0 Å². The third-order valence-corrected chi connectivity index (χ3v) is 6.57. The molecule has 25 heavy (non-hydrogen) atoms. The quantitative estimate of drug-likeness (QED) is 0.837. The van der Waals surface area contributed by atoms with Crippen molar-refractivity contribution in [3.05, 3.63) is 29.3 Å². The van der Waals surface area contributed by atoms with Crippen LogP contribution in [0.1, 0.15) is 6.42 Å². The van der Waals surface area contributed by atoms with Gasteiger partial charge in [0.05, 0.1) is 17.5 Å². The third kappa shape index (κ3) is 3.94. The summed E-state index contributed by atoms with van der Waals surface area (Å²) in [6, 6.07) is 4.95. The zero-order valence-electron chi connectivity index (χ0n) is 13.3. The van der Waals surface area contributed by atoms with E-state index in [4.69, 9.17) is 11.6 Å². The minimum absolute atomic E-state index is 0.125. The van der Waals surface area contributed by atoms with E-state index in [0.29, 0.717) is 5.02 Å². The molecule has 0 aromatic heterocycles. The Bertz CT molecular complexity index is 750. The van der Waals surface area contributed by atoms with E-state index in [0.717, 1.165) is 0 Å². The molecule has 2 saturated heterocycles. The first-order valence-electron chi connectivity index (χ1n) is 7.85. The summed E-state index contributed by atoms with van der Waals surface area (Å²) in [6.07, 6.45) is -0.519. The standard InChI is InChI=1S/C15H18ClF2N3O3S/c16-11-1-3-12(4-2-11)25(23,24)21-7-5-20(6-8-21)14(22)13-9-15(17,18)10-19-13/h1-4,13,19H,5-10H2. The van der Waals surface area contributed by atoms with Crippen molar-refractivity contribution >= 4 is 27.5 Å². The Kier molecular flexibility index (Phi) is 5.02. The first-order chi connectivity index (χ1) is 11.7. The Morgan fingerprint density at radius 3 is 2.28 bits per heavy atom. The average molecular weight is 394 g/mol. The normalized spacial score (nSPS) is 24.4. The van der Waals surface area contributed by atoms with E-state index in [9.17, 15) is 22.0 Å². The number of amides is 1. The number of carbonyl (C=O) groups excluding carboxylic acids is 1. The zero-order chi connectivity index (χ0) is 18.2. The molecule has 0 saturated carbocycles. The number of piperazine rings is 1. The Hall–Kier alpha value is -1.29. The number of hydrogen-bond acceptors (Lipinski definition) is 4. The molecule has 2 aliphatic rings. The minimum Gasteiger partial charge on any atom is -0.339 e. The lowest BCUT2D eigenvalue weighted by Gasteiger charge is -2.35. The maximum absolute atomic E-state index is 13.2. The first kappa shape index (κ1) is 18.5. The summed E-state index contributed by atoms with van der Waals surface area (Å²) in [6.45, 7) is 0.0960. The van der Waals surface area contributed by atoms with Crippen molar-refractivity contribution in [3.63, 3.8) is 0 Å². The SMILES string of the molecule is O=C(C1CC(F)(F)CN1)N1CCN(S(=O)(=O)c2ccc(Cl)cc2)CC1. The number of alkyl halides is 2. The van der Waals surface area contributed by atoms with Gasteiger partial charge in [0, 0.05) is 37.6 Å². The molecule has 0 spiro atoms. The highest BCUT2D eigenvalue weighted by molar-refractivity contribution is 7.89. The molecular formula is C15H18ClF2N3O3S. The van der Waals surface area contributed by atoms with E-state index in [-0.39, 0.29) is 31.1 Å². The molecule has 2 aliphatic heterocycles. The fraction of sp³-hybridized carbons (Fsp3) is 0.533. The van der Waals surface area contributed by atoms with E-state index >= 15 is 0 Å². The third-order valence-electron chi connectivity index (χ3n) is 4.41. The Morgan fingerprint density at radius 2 is 1.76 bits per heavy atom. The van der Waals surface area contributed by atoms with Gasteiger partial charge in [-0.25, -0.2) is 17.2 Å². The van der Waals surface area contributed by atoms with Gasteiger partial charge in [0.15, 0.2) is 0 Å². The van der Waals surface area contributed by atoms with Gasteiger partial charge in [-0.1, -0.05) is 11.6 Å². The molecule has 10 heteroatoms. The van der Waals surface area contributed by atoms with Crippen LogP contribution in [-0.4, -0.2) is 68.2 Å². The van der Waals surface area contributed by atoms with E-state index in [1.54, 1.807) is 0 Å². The number of nitrogens with one attached hydrogen (secondary N) is 1. The van der Waals surface area contributed by atoms with E-state index in [1.807, 2.05) is 0 Å². The van der Waals surface area contributed by atoms with Crippen LogP contribution in [0.3, 0.4) is 0 Å². The summed E-state index contributed by atoms with van der Waals surface area (Å²) >= 11 is 5.77. The fourth-order valence-corrected chi connectivity index (χ4v) is 4.56. The number of benzene rings is 1. The van der Waals surface area contributed by atoms with E-state index in [1.165, 1.54) is 33.5 Å². The van der Waals surface area contributed by atoms with Gasteiger partial charge in [-0.3, -0.25) is 10.1 Å². The highest BCUT2D eigenvalue weighted by Gasteiger charge is 2.44. The number of rotatable bonds is 3. The van der Waals surface area contributed by atoms with E-state index < -0.39 is 40.9 Å². The average Bonchev–Trinajstić information content (AvgIpc) is 2.95. The molecule has 1 amide bonds. The second-order valence-electron chi connectivity index (χ2n) is 6.18. The van der Waals surface area contributed by atoms with Crippen LogP contribution in [0.15, 0.2) is 29.2 Å². The Balaban J connectivity index is 1.62. The van der Waals surface area contributed by atoms with Crippen molar-refractivity contribution in [1.82, 2.24) is 14.5 Å². The van der Waals surface area contributed by atoms with Gasteiger partial charge in [0.25, 0.3) is 5.92 Å². The fourth-order valence-electron chi connectivity index (χ4n) is 3.01. The molecule has 0 bridgehead atoms. The second-order valence-corrected chi connectivity index (χ2v) is 8.55. The van der Waals surface area contributed by atoms with Crippen LogP contribution < -0.4 is 5.32 Å². The van der Waals surface area contributed by atoms with Crippen LogP contribution in [0, 0.1) is 0 Å². The van der Waals surface area contributed by atoms with Crippen LogP contribution in [0.2, 0.25) is 5.02 Å².